The molecular weight excluding hydrogens is 350 g/mol. The predicted molar refractivity (Wildman–Crippen MR) is 110 cm³/mol. The Morgan fingerprint density at radius 2 is 1.93 bits per heavy atom. The van der Waals surface area contributed by atoms with Crippen LogP contribution in [0, 0.1) is 6.92 Å². The number of nitrogens with one attached hydrogen (secondary N) is 1. The van der Waals surface area contributed by atoms with E-state index in [-0.39, 0.29) is 5.91 Å². The first-order chi connectivity index (χ1) is 13.7. The van der Waals surface area contributed by atoms with Gasteiger partial charge in [0.1, 0.15) is 0 Å². The standard InChI is InChI=1S/C22H23N5O/c1-3-26(13-10-17-15-23-20-7-5-4-6-18(17)20)22(28)19-14-16(2)8-9-21(19)27-24-11-12-25-27/h4-9,11-12,14-15,23H,3,10,13H2,1-2H3. The van der Waals surface area contributed by atoms with Crippen LogP contribution in [0.5, 0.6) is 0 Å². The van der Waals surface area contributed by atoms with E-state index < -0.39 is 0 Å². The molecule has 4 aromatic rings. The monoisotopic (exact) mass is 373 g/mol. The van der Waals surface area contributed by atoms with Gasteiger partial charge in [-0.15, -0.1) is 0 Å². The number of carbonyl (C=O) groups excluding carboxylic acids is 1. The van der Waals surface area contributed by atoms with Crippen LogP contribution in [0.2, 0.25) is 0 Å². The van der Waals surface area contributed by atoms with Crippen molar-refractivity contribution in [3.8, 4) is 5.69 Å². The Morgan fingerprint density at radius 1 is 1.14 bits per heavy atom. The molecule has 1 N–H and O–H groups in total. The highest BCUT2D eigenvalue weighted by molar-refractivity contribution is 5.98. The fourth-order valence-electron chi connectivity index (χ4n) is 3.50. The maximum atomic E-state index is 13.3. The van der Waals surface area contributed by atoms with Crippen molar-refractivity contribution in [2.75, 3.05) is 13.1 Å². The largest absolute Gasteiger partial charge is 0.361 e. The average Bonchev–Trinajstić information content (AvgIpc) is 3.38. The third-order valence-electron chi connectivity index (χ3n) is 5.01. The number of aromatic nitrogens is 4. The molecule has 6 nitrogen and oxygen atoms in total. The van der Waals surface area contributed by atoms with Crippen LogP contribution in [0.4, 0.5) is 0 Å². The van der Waals surface area contributed by atoms with Gasteiger partial charge in [-0.2, -0.15) is 15.0 Å². The number of hydrogen-bond acceptors (Lipinski definition) is 3. The van der Waals surface area contributed by atoms with Crippen molar-refractivity contribution >= 4 is 16.8 Å². The van der Waals surface area contributed by atoms with Crippen molar-refractivity contribution in [1.29, 1.82) is 0 Å². The zero-order valence-electron chi connectivity index (χ0n) is 16.1. The van der Waals surface area contributed by atoms with E-state index in [1.165, 1.54) is 15.7 Å². The van der Waals surface area contributed by atoms with Crippen LogP contribution in [0.3, 0.4) is 0 Å². The maximum Gasteiger partial charge on any atom is 0.256 e. The van der Waals surface area contributed by atoms with Crippen LogP contribution < -0.4 is 0 Å². The van der Waals surface area contributed by atoms with Gasteiger partial charge in [0.15, 0.2) is 0 Å². The molecule has 2 aromatic carbocycles. The van der Waals surface area contributed by atoms with Gasteiger partial charge in [0, 0.05) is 30.2 Å². The Hall–Kier alpha value is -3.41. The Balaban J connectivity index is 1.59. The van der Waals surface area contributed by atoms with Gasteiger partial charge in [-0.1, -0.05) is 29.8 Å². The van der Waals surface area contributed by atoms with Crippen molar-refractivity contribution in [3.05, 3.63) is 77.7 Å². The molecule has 0 fully saturated rings. The van der Waals surface area contributed by atoms with Gasteiger partial charge in [0.2, 0.25) is 0 Å². The molecule has 2 heterocycles. The van der Waals surface area contributed by atoms with Crippen molar-refractivity contribution in [3.63, 3.8) is 0 Å². The van der Waals surface area contributed by atoms with Gasteiger partial charge in [-0.05, 0) is 44.0 Å². The van der Waals surface area contributed by atoms with Crippen LogP contribution in [0.25, 0.3) is 16.6 Å². The third kappa shape index (κ3) is 3.41. The van der Waals surface area contributed by atoms with Crippen LogP contribution in [-0.4, -0.2) is 43.9 Å². The molecule has 6 heteroatoms. The van der Waals surface area contributed by atoms with Crippen LogP contribution in [0.15, 0.2) is 61.1 Å². The minimum absolute atomic E-state index is 0.00154. The zero-order valence-corrected chi connectivity index (χ0v) is 16.1. The molecular formula is C22H23N5O. The maximum absolute atomic E-state index is 13.3. The molecule has 0 radical (unpaired) electrons. The summed E-state index contributed by atoms with van der Waals surface area (Å²) in [4.78, 5) is 20.0. The van der Waals surface area contributed by atoms with E-state index >= 15 is 0 Å². The SMILES string of the molecule is CCN(CCc1c[nH]c2ccccc12)C(=O)c1cc(C)ccc1-n1nccn1. The summed E-state index contributed by atoms with van der Waals surface area (Å²) in [5.74, 6) is -0.00154. The number of aryl methyl sites for hydroxylation is 1. The molecule has 4 rings (SSSR count). The fraction of sp³-hybridized carbons (Fsp3) is 0.227. The van der Waals surface area contributed by atoms with E-state index in [9.17, 15) is 4.79 Å². The van der Waals surface area contributed by atoms with Crippen LogP contribution in [-0.2, 0) is 6.42 Å². The number of carbonyl (C=O) groups is 1. The molecule has 0 saturated carbocycles. The van der Waals surface area contributed by atoms with Crippen LogP contribution in [0.1, 0.15) is 28.4 Å². The first kappa shape index (κ1) is 18.0. The number of para-hydroxylation sites is 1. The summed E-state index contributed by atoms with van der Waals surface area (Å²) >= 11 is 0. The van der Waals surface area contributed by atoms with Crippen molar-refractivity contribution in [2.24, 2.45) is 0 Å². The van der Waals surface area contributed by atoms with Gasteiger partial charge < -0.3 is 9.88 Å². The summed E-state index contributed by atoms with van der Waals surface area (Å²) in [6.07, 6.45) is 6.06. The number of aromatic amines is 1. The molecule has 0 aliphatic rings. The molecule has 0 unspecified atom stereocenters. The number of likely N-dealkylation sites (N-methyl/N-ethyl adjacent to an activating group) is 1. The Kier molecular flexibility index (Phi) is 4.93. The molecule has 1 amide bonds. The third-order valence-corrected chi connectivity index (χ3v) is 5.01. The molecule has 2 aromatic heterocycles. The highest BCUT2D eigenvalue weighted by Crippen LogP contribution is 2.20. The molecule has 0 aliphatic carbocycles. The number of nitrogens with zero attached hydrogens (tertiary/aromatic N) is 4. The lowest BCUT2D eigenvalue weighted by atomic mass is 10.1. The summed E-state index contributed by atoms with van der Waals surface area (Å²) in [7, 11) is 0. The second-order valence-corrected chi connectivity index (χ2v) is 6.83. The molecule has 0 saturated heterocycles. The van der Waals surface area contributed by atoms with E-state index in [1.807, 2.05) is 55.3 Å². The lowest BCUT2D eigenvalue weighted by molar-refractivity contribution is 0.0766. The summed E-state index contributed by atoms with van der Waals surface area (Å²) < 4.78 is 0. The van der Waals surface area contributed by atoms with E-state index in [0.29, 0.717) is 24.3 Å². The van der Waals surface area contributed by atoms with Crippen molar-refractivity contribution in [1.82, 2.24) is 24.9 Å². The molecule has 142 valence electrons. The lowest BCUT2D eigenvalue weighted by Gasteiger charge is -2.22. The Bertz CT molecular complexity index is 1100. The van der Waals surface area contributed by atoms with Crippen molar-refractivity contribution < 1.29 is 4.79 Å². The minimum atomic E-state index is -0.00154. The van der Waals surface area contributed by atoms with E-state index in [2.05, 4.69) is 27.3 Å². The number of hydrogen-bond donors (Lipinski definition) is 1. The first-order valence-electron chi connectivity index (χ1n) is 9.49. The van der Waals surface area contributed by atoms with Gasteiger partial charge in [-0.25, -0.2) is 0 Å². The first-order valence-corrected chi connectivity index (χ1v) is 9.49. The average molecular weight is 373 g/mol. The highest BCUT2D eigenvalue weighted by Gasteiger charge is 2.20. The second kappa shape index (κ2) is 7.68. The lowest BCUT2D eigenvalue weighted by Crippen LogP contribution is -2.33. The summed E-state index contributed by atoms with van der Waals surface area (Å²) in [6, 6.07) is 14.0. The number of H-pyrrole nitrogens is 1. The molecule has 28 heavy (non-hydrogen) atoms. The second-order valence-electron chi connectivity index (χ2n) is 6.83. The molecule has 0 aliphatic heterocycles. The van der Waals surface area contributed by atoms with E-state index in [0.717, 1.165) is 17.5 Å². The summed E-state index contributed by atoms with van der Waals surface area (Å²) in [5, 5.41) is 9.60. The van der Waals surface area contributed by atoms with Gasteiger partial charge in [0.25, 0.3) is 5.91 Å². The van der Waals surface area contributed by atoms with Gasteiger partial charge in [-0.3, -0.25) is 4.79 Å². The van der Waals surface area contributed by atoms with E-state index in [4.69, 9.17) is 0 Å². The summed E-state index contributed by atoms with van der Waals surface area (Å²) in [5.41, 5.74) is 4.70. The van der Waals surface area contributed by atoms with Crippen LogP contribution >= 0.6 is 0 Å². The topological polar surface area (TPSA) is 66.8 Å². The number of amides is 1. The normalized spacial score (nSPS) is 11.1. The molecule has 0 spiro atoms. The predicted octanol–water partition coefficient (Wildman–Crippen LogP) is 3.76. The number of rotatable bonds is 6. The van der Waals surface area contributed by atoms with Crippen molar-refractivity contribution in [2.45, 2.75) is 20.3 Å². The number of fused-ring (bicyclic) bond motifs is 1. The quantitative estimate of drug-likeness (QED) is 0.560. The van der Waals surface area contributed by atoms with E-state index in [1.54, 1.807) is 12.4 Å². The smallest absolute Gasteiger partial charge is 0.256 e. The minimum Gasteiger partial charge on any atom is -0.361 e. The summed E-state index contributed by atoms with van der Waals surface area (Å²) in [6.45, 7) is 5.28. The molecule has 0 atom stereocenters. The Morgan fingerprint density at radius 3 is 2.71 bits per heavy atom. The zero-order chi connectivity index (χ0) is 19.5. The highest BCUT2D eigenvalue weighted by atomic mass is 16.2. The van der Waals surface area contributed by atoms with Gasteiger partial charge >= 0.3 is 0 Å². The van der Waals surface area contributed by atoms with Gasteiger partial charge in [0.05, 0.1) is 23.6 Å². The Labute approximate surface area is 163 Å². The molecule has 0 bridgehead atoms. The fourth-order valence-corrected chi connectivity index (χ4v) is 3.50. The number of benzene rings is 2.